The second kappa shape index (κ2) is 9.86. The SMILES string of the molecule is COc1ccc(OC)c([C@@H]2CN(C(=O)C(C)C)C[C@@H]2C(=O)N(C)Cc2ccccc2)c1. The molecule has 1 aliphatic heterocycles. The summed E-state index contributed by atoms with van der Waals surface area (Å²) >= 11 is 0. The van der Waals surface area contributed by atoms with Crippen LogP contribution < -0.4 is 9.47 Å². The van der Waals surface area contributed by atoms with Gasteiger partial charge in [0.05, 0.1) is 20.1 Å². The van der Waals surface area contributed by atoms with Gasteiger partial charge in [-0.2, -0.15) is 0 Å². The molecule has 3 rings (SSSR count). The zero-order chi connectivity index (χ0) is 22.5. The number of rotatable bonds is 7. The van der Waals surface area contributed by atoms with Crippen LogP contribution in [0, 0.1) is 11.8 Å². The maximum absolute atomic E-state index is 13.5. The Balaban J connectivity index is 1.93. The fourth-order valence-electron chi connectivity index (χ4n) is 4.26. The number of hydrogen-bond donors (Lipinski definition) is 0. The standard InChI is InChI=1S/C25H32N2O4/c1-17(2)24(28)27-15-21(20-13-19(30-4)11-12-23(20)31-5)22(16-27)25(29)26(3)14-18-9-7-6-8-10-18/h6-13,17,21-22H,14-16H2,1-5H3/t21-,22-/m0/s1. The molecule has 0 spiro atoms. The Bertz CT molecular complexity index is 913. The molecule has 6 nitrogen and oxygen atoms in total. The summed E-state index contributed by atoms with van der Waals surface area (Å²) < 4.78 is 11.0. The van der Waals surface area contributed by atoms with Gasteiger partial charge in [0, 0.05) is 44.1 Å². The molecule has 1 heterocycles. The van der Waals surface area contributed by atoms with E-state index in [4.69, 9.17) is 9.47 Å². The molecular formula is C25H32N2O4. The van der Waals surface area contributed by atoms with Gasteiger partial charge in [0.1, 0.15) is 11.5 Å². The van der Waals surface area contributed by atoms with E-state index in [-0.39, 0.29) is 29.6 Å². The number of methoxy groups -OCH3 is 2. The third kappa shape index (κ3) is 5.01. The molecule has 2 aromatic rings. The quantitative estimate of drug-likeness (QED) is 0.682. The highest BCUT2D eigenvalue weighted by Crippen LogP contribution is 2.40. The molecule has 1 aliphatic rings. The third-order valence-corrected chi connectivity index (χ3v) is 5.92. The maximum atomic E-state index is 13.5. The Morgan fingerprint density at radius 1 is 1.06 bits per heavy atom. The van der Waals surface area contributed by atoms with Crippen LogP contribution in [0.1, 0.15) is 30.9 Å². The van der Waals surface area contributed by atoms with Gasteiger partial charge in [-0.3, -0.25) is 9.59 Å². The molecule has 1 fully saturated rings. The lowest BCUT2D eigenvalue weighted by Gasteiger charge is -2.25. The highest BCUT2D eigenvalue weighted by atomic mass is 16.5. The Morgan fingerprint density at radius 3 is 2.39 bits per heavy atom. The van der Waals surface area contributed by atoms with Gasteiger partial charge in [0.15, 0.2) is 0 Å². The van der Waals surface area contributed by atoms with Crippen molar-refractivity contribution in [3.8, 4) is 11.5 Å². The van der Waals surface area contributed by atoms with Crippen molar-refractivity contribution in [2.24, 2.45) is 11.8 Å². The molecule has 2 atom stereocenters. The predicted octanol–water partition coefficient (Wildman–Crippen LogP) is 3.56. The highest BCUT2D eigenvalue weighted by Gasteiger charge is 2.43. The minimum atomic E-state index is -0.350. The highest BCUT2D eigenvalue weighted by molar-refractivity contribution is 5.84. The van der Waals surface area contributed by atoms with E-state index in [1.807, 2.05) is 74.3 Å². The summed E-state index contributed by atoms with van der Waals surface area (Å²) in [5.41, 5.74) is 1.97. The molecule has 31 heavy (non-hydrogen) atoms. The molecule has 166 valence electrons. The van der Waals surface area contributed by atoms with E-state index in [0.717, 1.165) is 11.1 Å². The molecule has 0 saturated carbocycles. The lowest BCUT2D eigenvalue weighted by molar-refractivity contribution is -0.136. The normalized spacial score (nSPS) is 18.2. The Morgan fingerprint density at radius 2 is 1.77 bits per heavy atom. The van der Waals surface area contributed by atoms with Crippen LogP contribution in [-0.4, -0.2) is 56.0 Å². The summed E-state index contributed by atoms with van der Waals surface area (Å²) in [6, 6.07) is 15.5. The van der Waals surface area contributed by atoms with E-state index >= 15 is 0 Å². The van der Waals surface area contributed by atoms with Crippen LogP contribution in [0.5, 0.6) is 11.5 Å². The molecular weight excluding hydrogens is 392 g/mol. The average molecular weight is 425 g/mol. The molecule has 0 unspecified atom stereocenters. The van der Waals surface area contributed by atoms with Crippen molar-refractivity contribution >= 4 is 11.8 Å². The van der Waals surface area contributed by atoms with Gasteiger partial charge >= 0.3 is 0 Å². The van der Waals surface area contributed by atoms with Crippen LogP contribution in [0.2, 0.25) is 0 Å². The minimum Gasteiger partial charge on any atom is -0.497 e. The van der Waals surface area contributed by atoms with Crippen LogP contribution in [0.4, 0.5) is 0 Å². The molecule has 6 heteroatoms. The van der Waals surface area contributed by atoms with Gasteiger partial charge in [-0.15, -0.1) is 0 Å². The van der Waals surface area contributed by atoms with Crippen LogP contribution in [0.15, 0.2) is 48.5 Å². The van der Waals surface area contributed by atoms with Crippen LogP contribution in [-0.2, 0) is 16.1 Å². The van der Waals surface area contributed by atoms with E-state index in [2.05, 4.69) is 0 Å². The Kier molecular flexibility index (Phi) is 7.21. The van der Waals surface area contributed by atoms with Crippen molar-refractivity contribution < 1.29 is 19.1 Å². The monoisotopic (exact) mass is 424 g/mol. The van der Waals surface area contributed by atoms with Gasteiger partial charge in [-0.1, -0.05) is 44.2 Å². The summed E-state index contributed by atoms with van der Waals surface area (Å²) in [4.78, 5) is 29.9. The zero-order valence-electron chi connectivity index (χ0n) is 19.0. The van der Waals surface area contributed by atoms with Gasteiger partial charge in [-0.25, -0.2) is 0 Å². The van der Waals surface area contributed by atoms with Crippen molar-refractivity contribution in [3.63, 3.8) is 0 Å². The fourth-order valence-corrected chi connectivity index (χ4v) is 4.26. The molecule has 2 aromatic carbocycles. The predicted molar refractivity (Wildman–Crippen MR) is 120 cm³/mol. The topological polar surface area (TPSA) is 59.1 Å². The van der Waals surface area contributed by atoms with E-state index in [0.29, 0.717) is 31.1 Å². The van der Waals surface area contributed by atoms with Crippen molar-refractivity contribution in [2.45, 2.75) is 26.3 Å². The number of amides is 2. The van der Waals surface area contributed by atoms with E-state index in [1.54, 1.807) is 19.1 Å². The van der Waals surface area contributed by atoms with Crippen molar-refractivity contribution in [1.29, 1.82) is 0 Å². The number of hydrogen-bond acceptors (Lipinski definition) is 4. The lowest BCUT2D eigenvalue weighted by atomic mass is 9.87. The molecule has 0 bridgehead atoms. The largest absolute Gasteiger partial charge is 0.497 e. The summed E-state index contributed by atoms with van der Waals surface area (Å²) in [5.74, 6) is 0.853. The maximum Gasteiger partial charge on any atom is 0.228 e. The van der Waals surface area contributed by atoms with Gasteiger partial charge in [0.2, 0.25) is 11.8 Å². The number of carbonyl (C=O) groups excluding carboxylic acids is 2. The Labute approximate surface area is 184 Å². The fraction of sp³-hybridized carbons (Fsp3) is 0.440. The number of carbonyl (C=O) groups is 2. The number of benzene rings is 2. The number of likely N-dealkylation sites (tertiary alicyclic amines) is 1. The average Bonchev–Trinajstić information content (AvgIpc) is 3.23. The lowest BCUT2D eigenvalue weighted by Crippen LogP contribution is -2.37. The van der Waals surface area contributed by atoms with Crippen LogP contribution in [0.25, 0.3) is 0 Å². The molecule has 1 saturated heterocycles. The summed E-state index contributed by atoms with van der Waals surface area (Å²) in [6.07, 6.45) is 0. The van der Waals surface area contributed by atoms with E-state index in [1.165, 1.54) is 0 Å². The summed E-state index contributed by atoms with van der Waals surface area (Å²) in [6.45, 7) is 5.19. The smallest absolute Gasteiger partial charge is 0.228 e. The molecule has 0 radical (unpaired) electrons. The number of ether oxygens (including phenoxy) is 2. The van der Waals surface area contributed by atoms with Crippen LogP contribution >= 0.6 is 0 Å². The minimum absolute atomic E-state index is 0.0257. The van der Waals surface area contributed by atoms with Gasteiger partial charge in [0.25, 0.3) is 0 Å². The first-order valence-electron chi connectivity index (χ1n) is 10.6. The summed E-state index contributed by atoms with van der Waals surface area (Å²) in [7, 11) is 5.06. The van der Waals surface area contributed by atoms with Crippen molar-refractivity contribution in [1.82, 2.24) is 9.80 Å². The second-order valence-corrected chi connectivity index (χ2v) is 8.40. The first kappa shape index (κ1) is 22.7. The van der Waals surface area contributed by atoms with E-state index < -0.39 is 0 Å². The first-order chi connectivity index (χ1) is 14.8. The summed E-state index contributed by atoms with van der Waals surface area (Å²) in [5, 5.41) is 0. The van der Waals surface area contributed by atoms with Crippen molar-refractivity contribution in [2.75, 3.05) is 34.4 Å². The van der Waals surface area contributed by atoms with Crippen LogP contribution in [0.3, 0.4) is 0 Å². The van der Waals surface area contributed by atoms with Crippen molar-refractivity contribution in [3.05, 3.63) is 59.7 Å². The Hall–Kier alpha value is -3.02. The molecule has 0 aromatic heterocycles. The molecule has 2 amide bonds. The zero-order valence-corrected chi connectivity index (χ0v) is 19.0. The van der Waals surface area contributed by atoms with Gasteiger partial charge in [-0.05, 0) is 23.8 Å². The molecule has 0 aliphatic carbocycles. The molecule has 0 N–H and O–H groups in total. The number of nitrogens with zero attached hydrogens (tertiary/aromatic N) is 2. The second-order valence-electron chi connectivity index (χ2n) is 8.40. The van der Waals surface area contributed by atoms with Gasteiger partial charge < -0.3 is 19.3 Å². The van der Waals surface area contributed by atoms with E-state index in [9.17, 15) is 9.59 Å². The third-order valence-electron chi connectivity index (χ3n) is 5.92. The first-order valence-corrected chi connectivity index (χ1v) is 10.6.